The average Bonchev–Trinajstić information content (AvgIpc) is 2.86. The SMILES string of the molecule is CNC(C)Cc1nc(-c2cscc2C)no1. The van der Waals surface area contributed by atoms with Crippen LogP contribution in [0.15, 0.2) is 15.3 Å². The number of thiophene rings is 1. The van der Waals surface area contributed by atoms with Gasteiger partial charge in [-0.3, -0.25) is 0 Å². The fourth-order valence-electron chi connectivity index (χ4n) is 1.40. The molecule has 16 heavy (non-hydrogen) atoms. The third-order valence-corrected chi connectivity index (χ3v) is 3.40. The molecule has 0 aliphatic heterocycles. The first-order valence-corrected chi connectivity index (χ1v) is 6.18. The van der Waals surface area contributed by atoms with Gasteiger partial charge in [-0.25, -0.2) is 0 Å². The van der Waals surface area contributed by atoms with E-state index >= 15 is 0 Å². The normalized spacial score (nSPS) is 12.9. The van der Waals surface area contributed by atoms with Gasteiger partial charge < -0.3 is 9.84 Å². The largest absolute Gasteiger partial charge is 0.339 e. The van der Waals surface area contributed by atoms with Crippen LogP contribution in [-0.2, 0) is 6.42 Å². The standard InChI is InChI=1S/C11H15N3OS/c1-7-5-16-6-9(7)11-13-10(15-14-11)4-8(2)12-3/h5-6,8,12H,4H2,1-3H3. The van der Waals surface area contributed by atoms with Crippen LogP contribution in [0.1, 0.15) is 18.4 Å². The van der Waals surface area contributed by atoms with E-state index < -0.39 is 0 Å². The molecular formula is C11H15N3OS. The number of likely N-dealkylation sites (N-methyl/N-ethyl adjacent to an activating group) is 1. The predicted octanol–water partition coefficient (Wildman–Crippen LogP) is 2.26. The van der Waals surface area contributed by atoms with E-state index in [2.05, 4.69) is 34.7 Å². The molecule has 2 heterocycles. The van der Waals surface area contributed by atoms with Crippen molar-refractivity contribution < 1.29 is 4.52 Å². The maximum atomic E-state index is 5.22. The summed E-state index contributed by atoms with van der Waals surface area (Å²) in [5, 5.41) is 11.3. The van der Waals surface area contributed by atoms with E-state index in [-0.39, 0.29) is 0 Å². The minimum atomic E-state index is 0.344. The van der Waals surface area contributed by atoms with Gasteiger partial charge in [-0.05, 0) is 31.8 Å². The maximum absolute atomic E-state index is 5.22. The van der Waals surface area contributed by atoms with E-state index in [4.69, 9.17) is 4.52 Å². The third kappa shape index (κ3) is 2.31. The number of hydrogen-bond acceptors (Lipinski definition) is 5. The maximum Gasteiger partial charge on any atom is 0.228 e. The molecule has 0 radical (unpaired) electrons. The monoisotopic (exact) mass is 237 g/mol. The van der Waals surface area contributed by atoms with Crippen molar-refractivity contribution in [3.63, 3.8) is 0 Å². The Bertz CT molecular complexity index is 463. The van der Waals surface area contributed by atoms with Crippen molar-refractivity contribution in [2.45, 2.75) is 26.3 Å². The summed E-state index contributed by atoms with van der Waals surface area (Å²) in [5.74, 6) is 1.37. The smallest absolute Gasteiger partial charge is 0.228 e. The summed E-state index contributed by atoms with van der Waals surface area (Å²) in [5.41, 5.74) is 2.26. The molecule has 0 amide bonds. The Morgan fingerprint density at radius 3 is 2.94 bits per heavy atom. The van der Waals surface area contributed by atoms with Gasteiger partial charge in [-0.15, -0.1) is 0 Å². The predicted molar refractivity (Wildman–Crippen MR) is 64.6 cm³/mol. The molecule has 2 aromatic heterocycles. The Balaban J connectivity index is 2.17. The zero-order valence-electron chi connectivity index (χ0n) is 9.65. The molecule has 0 aromatic carbocycles. The molecule has 0 bridgehead atoms. The van der Waals surface area contributed by atoms with Gasteiger partial charge in [0.2, 0.25) is 11.7 Å². The third-order valence-electron chi connectivity index (χ3n) is 2.54. The Labute approximate surface area is 98.7 Å². The average molecular weight is 237 g/mol. The highest BCUT2D eigenvalue weighted by molar-refractivity contribution is 7.08. The highest BCUT2D eigenvalue weighted by Crippen LogP contribution is 2.24. The highest BCUT2D eigenvalue weighted by atomic mass is 32.1. The Hall–Kier alpha value is -1.20. The fraction of sp³-hybridized carbons (Fsp3) is 0.455. The van der Waals surface area contributed by atoms with Gasteiger partial charge in [0.25, 0.3) is 0 Å². The summed E-state index contributed by atoms with van der Waals surface area (Å²) in [6, 6.07) is 0.344. The van der Waals surface area contributed by atoms with Gasteiger partial charge in [-0.1, -0.05) is 5.16 Å². The van der Waals surface area contributed by atoms with Crippen molar-refractivity contribution in [1.82, 2.24) is 15.5 Å². The number of aryl methyl sites for hydroxylation is 1. The van der Waals surface area contributed by atoms with Crippen LogP contribution in [0.5, 0.6) is 0 Å². The highest BCUT2D eigenvalue weighted by Gasteiger charge is 2.12. The molecule has 1 atom stereocenters. The van der Waals surface area contributed by atoms with Crippen LogP contribution >= 0.6 is 11.3 Å². The Morgan fingerprint density at radius 1 is 1.50 bits per heavy atom. The summed E-state index contributed by atoms with van der Waals surface area (Å²) < 4.78 is 5.22. The summed E-state index contributed by atoms with van der Waals surface area (Å²) in [7, 11) is 1.92. The van der Waals surface area contributed by atoms with Crippen LogP contribution in [-0.4, -0.2) is 23.2 Å². The van der Waals surface area contributed by atoms with Crippen molar-refractivity contribution in [1.29, 1.82) is 0 Å². The lowest BCUT2D eigenvalue weighted by Gasteiger charge is -2.04. The van der Waals surface area contributed by atoms with Crippen molar-refractivity contribution >= 4 is 11.3 Å². The summed E-state index contributed by atoms with van der Waals surface area (Å²) in [6.45, 7) is 4.14. The number of aromatic nitrogens is 2. The molecule has 2 rings (SSSR count). The minimum Gasteiger partial charge on any atom is -0.339 e. The van der Waals surface area contributed by atoms with Crippen molar-refractivity contribution in [2.24, 2.45) is 0 Å². The summed E-state index contributed by atoms with van der Waals surface area (Å²) >= 11 is 1.65. The Kier molecular flexibility index (Phi) is 3.36. The first-order valence-electron chi connectivity index (χ1n) is 5.23. The van der Waals surface area contributed by atoms with Gasteiger partial charge >= 0.3 is 0 Å². The van der Waals surface area contributed by atoms with Crippen molar-refractivity contribution in [3.05, 3.63) is 22.2 Å². The van der Waals surface area contributed by atoms with Crippen LogP contribution in [0.25, 0.3) is 11.4 Å². The molecule has 1 unspecified atom stereocenters. The molecule has 0 saturated carbocycles. The van der Waals surface area contributed by atoms with E-state index in [1.54, 1.807) is 11.3 Å². The molecule has 1 N–H and O–H groups in total. The molecule has 4 nitrogen and oxygen atoms in total. The lowest BCUT2D eigenvalue weighted by Crippen LogP contribution is -2.23. The molecule has 86 valence electrons. The van der Waals surface area contributed by atoms with Gasteiger partial charge in [-0.2, -0.15) is 16.3 Å². The van der Waals surface area contributed by atoms with Crippen LogP contribution in [0.2, 0.25) is 0 Å². The number of nitrogens with zero attached hydrogens (tertiary/aromatic N) is 2. The minimum absolute atomic E-state index is 0.344. The lowest BCUT2D eigenvalue weighted by atomic mass is 10.2. The van der Waals surface area contributed by atoms with E-state index in [1.165, 1.54) is 5.56 Å². The molecule has 0 saturated heterocycles. The second kappa shape index (κ2) is 4.76. The molecule has 0 aliphatic rings. The van der Waals surface area contributed by atoms with Gasteiger partial charge in [0.15, 0.2) is 0 Å². The Morgan fingerprint density at radius 2 is 2.31 bits per heavy atom. The zero-order chi connectivity index (χ0) is 11.5. The second-order valence-corrected chi connectivity index (χ2v) is 4.62. The van der Waals surface area contributed by atoms with E-state index in [1.807, 2.05) is 12.4 Å². The number of nitrogens with one attached hydrogen (secondary N) is 1. The van der Waals surface area contributed by atoms with Crippen LogP contribution in [0.4, 0.5) is 0 Å². The molecular weight excluding hydrogens is 222 g/mol. The molecule has 0 spiro atoms. The lowest BCUT2D eigenvalue weighted by molar-refractivity contribution is 0.365. The number of rotatable bonds is 4. The van der Waals surface area contributed by atoms with Crippen LogP contribution < -0.4 is 5.32 Å². The van der Waals surface area contributed by atoms with E-state index in [0.29, 0.717) is 17.8 Å². The van der Waals surface area contributed by atoms with Gasteiger partial charge in [0.1, 0.15) is 0 Å². The van der Waals surface area contributed by atoms with Crippen molar-refractivity contribution in [3.8, 4) is 11.4 Å². The molecule has 0 aliphatic carbocycles. The fourth-order valence-corrected chi connectivity index (χ4v) is 2.23. The second-order valence-electron chi connectivity index (χ2n) is 3.87. The van der Waals surface area contributed by atoms with Gasteiger partial charge in [0, 0.05) is 23.4 Å². The first kappa shape index (κ1) is 11.3. The van der Waals surface area contributed by atoms with E-state index in [0.717, 1.165) is 12.0 Å². The number of hydrogen-bond donors (Lipinski definition) is 1. The van der Waals surface area contributed by atoms with Crippen molar-refractivity contribution in [2.75, 3.05) is 7.05 Å². The zero-order valence-corrected chi connectivity index (χ0v) is 10.5. The summed E-state index contributed by atoms with van der Waals surface area (Å²) in [4.78, 5) is 4.39. The topological polar surface area (TPSA) is 51.0 Å². The van der Waals surface area contributed by atoms with Crippen LogP contribution in [0, 0.1) is 6.92 Å². The van der Waals surface area contributed by atoms with Gasteiger partial charge in [0.05, 0.1) is 0 Å². The first-order chi connectivity index (χ1) is 7.70. The molecule has 0 fully saturated rings. The molecule has 5 heteroatoms. The quantitative estimate of drug-likeness (QED) is 0.886. The van der Waals surface area contributed by atoms with E-state index in [9.17, 15) is 0 Å². The summed E-state index contributed by atoms with van der Waals surface area (Å²) in [6.07, 6.45) is 0.757. The van der Waals surface area contributed by atoms with Crippen LogP contribution in [0.3, 0.4) is 0 Å². The molecule has 2 aromatic rings.